The van der Waals surface area contributed by atoms with Crippen molar-refractivity contribution in [2.24, 2.45) is 0 Å². The van der Waals surface area contributed by atoms with Crippen molar-refractivity contribution in [1.82, 2.24) is 20.2 Å². The van der Waals surface area contributed by atoms with Crippen molar-refractivity contribution >= 4 is 17.7 Å². The average molecular weight is 232 g/mol. The smallest absolute Gasteiger partial charge is 0.313 e. The third kappa shape index (κ3) is 3.84. The van der Waals surface area contributed by atoms with Crippen LogP contribution in [0.2, 0.25) is 0 Å². The Labute approximate surface area is 90.8 Å². The molecule has 0 radical (unpaired) electrons. The van der Waals surface area contributed by atoms with Gasteiger partial charge in [0.15, 0.2) is 0 Å². The van der Waals surface area contributed by atoms with Crippen molar-refractivity contribution < 1.29 is 14.6 Å². The van der Waals surface area contributed by atoms with E-state index in [0.29, 0.717) is 11.7 Å². The highest BCUT2D eigenvalue weighted by atomic mass is 32.2. The lowest BCUT2D eigenvalue weighted by Gasteiger charge is -2.09. The quantitative estimate of drug-likeness (QED) is 0.684. The zero-order valence-corrected chi connectivity index (χ0v) is 9.27. The van der Waals surface area contributed by atoms with Crippen LogP contribution in [-0.2, 0) is 16.1 Å². The van der Waals surface area contributed by atoms with Gasteiger partial charge in [0.1, 0.15) is 0 Å². The van der Waals surface area contributed by atoms with Crippen LogP contribution in [0.25, 0.3) is 0 Å². The summed E-state index contributed by atoms with van der Waals surface area (Å²) in [6.45, 7) is 2.39. The lowest BCUT2D eigenvalue weighted by molar-refractivity contribution is -0.133. The van der Waals surface area contributed by atoms with Gasteiger partial charge in [-0.2, -0.15) is 0 Å². The molecule has 0 amide bonds. The molecule has 0 bridgehead atoms. The molecule has 1 atom stereocenters. The molecular formula is C7H12N4O3S. The summed E-state index contributed by atoms with van der Waals surface area (Å²) in [7, 11) is 1.60. The van der Waals surface area contributed by atoms with Gasteiger partial charge in [0.2, 0.25) is 5.16 Å². The molecule has 0 aliphatic heterocycles. The van der Waals surface area contributed by atoms with Crippen molar-refractivity contribution in [3.05, 3.63) is 0 Å². The fourth-order valence-electron chi connectivity index (χ4n) is 0.859. The van der Waals surface area contributed by atoms with E-state index in [1.807, 2.05) is 6.92 Å². The molecule has 1 rings (SSSR count). The summed E-state index contributed by atoms with van der Waals surface area (Å²) in [5.41, 5.74) is 0. The maximum Gasteiger partial charge on any atom is 0.313 e. The number of carboxylic acids is 1. The molecule has 0 aliphatic carbocycles. The van der Waals surface area contributed by atoms with Crippen LogP contribution in [0, 0.1) is 0 Å². The van der Waals surface area contributed by atoms with E-state index >= 15 is 0 Å². The number of nitrogens with zero attached hydrogens (tertiary/aromatic N) is 4. The largest absolute Gasteiger partial charge is 0.481 e. The molecule has 84 valence electrons. The minimum atomic E-state index is -0.894. The SMILES string of the molecule is COC(C)Cn1nnnc1SCC(=O)O. The lowest BCUT2D eigenvalue weighted by Crippen LogP contribution is -2.16. The molecule has 1 aromatic rings. The van der Waals surface area contributed by atoms with Crippen molar-refractivity contribution in [3.8, 4) is 0 Å². The molecular weight excluding hydrogens is 220 g/mol. The summed E-state index contributed by atoms with van der Waals surface area (Å²) in [5.74, 6) is -0.948. The predicted octanol–water partition coefficient (Wildman–Crippen LogP) is -0.115. The van der Waals surface area contributed by atoms with Gasteiger partial charge in [-0.05, 0) is 17.4 Å². The van der Waals surface area contributed by atoms with Crippen LogP contribution in [0.4, 0.5) is 0 Å². The second-order valence-corrected chi connectivity index (χ2v) is 3.81. The van der Waals surface area contributed by atoms with Crippen LogP contribution in [0.5, 0.6) is 0 Å². The minimum absolute atomic E-state index is 0.0160. The number of ether oxygens (including phenoxy) is 1. The summed E-state index contributed by atoms with van der Waals surface area (Å²) < 4.78 is 6.59. The third-order valence-electron chi connectivity index (χ3n) is 1.66. The monoisotopic (exact) mass is 232 g/mol. The number of methoxy groups -OCH3 is 1. The van der Waals surface area contributed by atoms with Crippen LogP contribution in [0.3, 0.4) is 0 Å². The van der Waals surface area contributed by atoms with Gasteiger partial charge in [-0.1, -0.05) is 11.8 Å². The summed E-state index contributed by atoms with van der Waals surface area (Å²) >= 11 is 1.09. The Bertz CT molecular complexity index is 330. The van der Waals surface area contributed by atoms with E-state index in [1.54, 1.807) is 7.11 Å². The predicted molar refractivity (Wildman–Crippen MR) is 52.6 cm³/mol. The maximum absolute atomic E-state index is 10.4. The Morgan fingerprint density at radius 1 is 1.73 bits per heavy atom. The van der Waals surface area contributed by atoms with Crippen LogP contribution in [0.1, 0.15) is 6.92 Å². The number of thioether (sulfide) groups is 1. The second kappa shape index (κ2) is 5.66. The first-order valence-electron chi connectivity index (χ1n) is 4.27. The van der Waals surface area contributed by atoms with E-state index in [0.717, 1.165) is 11.8 Å². The standard InChI is InChI=1S/C7H12N4O3S/c1-5(14-2)3-11-7(8-9-10-11)15-4-6(12)13/h5H,3-4H2,1-2H3,(H,12,13). The van der Waals surface area contributed by atoms with Gasteiger partial charge in [-0.3, -0.25) is 4.79 Å². The fourth-order valence-corrected chi connectivity index (χ4v) is 1.47. The van der Waals surface area contributed by atoms with E-state index in [4.69, 9.17) is 9.84 Å². The molecule has 0 fully saturated rings. The summed E-state index contributed by atoms with van der Waals surface area (Å²) in [6, 6.07) is 0. The summed E-state index contributed by atoms with van der Waals surface area (Å²) in [5, 5.41) is 19.9. The number of aliphatic carboxylic acids is 1. The Balaban J connectivity index is 2.56. The van der Waals surface area contributed by atoms with Crippen LogP contribution >= 0.6 is 11.8 Å². The zero-order valence-electron chi connectivity index (χ0n) is 8.45. The first-order chi connectivity index (χ1) is 7.13. The number of rotatable bonds is 6. The molecule has 0 saturated carbocycles. The van der Waals surface area contributed by atoms with Crippen molar-refractivity contribution in [2.75, 3.05) is 12.9 Å². The number of carbonyl (C=O) groups is 1. The van der Waals surface area contributed by atoms with E-state index in [9.17, 15) is 4.79 Å². The Kier molecular flexibility index (Phi) is 4.50. The second-order valence-electron chi connectivity index (χ2n) is 2.87. The van der Waals surface area contributed by atoms with Gasteiger partial charge in [-0.25, -0.2) is 4.68 Å². The zero-order chi connectivity index (χ0) is 11.3. The lowest BCUT2D eigenvalue weighted by atomic mass is 10.4. The van der Waals surface area contributed by atoms with Gasteiger partial charge in [0, 0.05) is 7.11 Å². The van der Waals surface area contributed by atoms with Gasteiger partial charge < -0.3 is 9.84 Å². The maximum atomic E-state index is 10.4. The molecule has 1 heterocycles. The number of hydrogen-bond acceptors (Lipinski definition) is 6. The Hall–Kier alpha value is -1.15. The molecule has 1 unspecified atom stereocenters. The number of carboxylic acid groups (broad SMARTS) is 1. The van der Waals surface area contributed by atoms with Crippen LogP contribution in [0.15, 0.2) is 5.16 Å². The molecule has 0 aromatic carbocycles. The third-order valence-corrected chi connectivity index (χ3v) is 2.60. The molecule has 0 saturated heterocycles. The molecule has 15 heavy (non-hydrogen) atoms. The molecule has 0 aliphatic rings. The number of tetrazole rings is 1. The minimum Gasteiger partial charge on any atom is -0.481 e. The topological polar surface area (TPSA) is 90.1 Å². The molecule has 8 heteroatoms. The van der Waals surface area contributed by atoms with Crippen LogP contribution in [-0.4, -0.2) is 50.2 Å². The first kappa shape index (κ1) is 11.9. The van der Waals surface area contributed by atoms with Crippen molar-refractivity contribution in [1.29, 1.82) is 0 Å². The Morgan fingerprint density at radius 3 is 3.07 bits per heavy atom. The normalized spacial score (nSPS) is 12.7. The summed E-state index contributed by atoms with van der Waals surface area (Å²) in [6.07, 6.45) is -0.0160. The Morgan fingerprint density at radius 2 is 2.47 bits per heavy atom. The van der Waals surface area contributed by atoms with Crippen molar-refractivity contribution in [2.45, 2.75) is 24.7 Å². The number of aromatic nitrogens is 4. The van der Waals surface area contributed by atoms with E-state index in [1.165, 1.54) is 4.68 Å². The molecule has 1 aromatic heterocycles. The van der Waals surface area contributed by atoms with Gasteiger partial charge in [-0.15, -0.1) is 5.10 Å². The first-order valence-corrected chi connectivity index (χ1v) is 5.25. The highest BCUT2D eigenvalue weighted by Crippen LogP contribution is 2.13. The van der Waals surface area contributed by atoms with E-state index in [2.05, 4.69) is 15.5 Å². The van der Waals surface area contributed by atoms with Crippen LogP contribution < -0.4 is 0 Å². The molecule has 7 nitrogen and oxygen atoms in total. The molecule has 0 spiro atoms. The van der Waals surface area contributed by atoms with E-state index in [-0.39, 0.29) is 11.9 Å². The van der Waals surface area contributed by atoms with E-state index < -0.39 is 5.97 Å². The highest BCUT2D eigenvalue weighted by Gasteiger charge is 2.11. The fraction of sp³-hybridized carbons (Fsp3) is 0.714. The van der Waals surface area contributed by atoms with Gasteiger partial charge >= 0.3 is 5.97 Å². The highest BCUT2D eigenvalue weighted by molar-refractivity contribution is 7.99. The summed E-state index contributed by atoms with van der Waals surface area (Å²) in [4.78, 5) is 10.4. The van der Waals surface area contributed by atoms with Gasteiger partial charge in [0.25, 0.3) is 0 Å². The van der Waals surface area contributed by atoms with Crippen molar-refractivity contribution in [3.63, 3.8) is 0 Å². The molecule has 1 N–H and O–H groups in total. The average Bonchev–Trinajstić information content (AvgIpc) is 2.62. The number of hydrogen-bond donors (Lipinski definition) is 1. The van der Waals surface area contributed by atoms with Gasteiger partial charge in [0.05, 0.1) is 18.4 Å².